The van der Waals surface area contributed by atoms with Gasteiger partial charge in [0.25, 0.3) is 5.91 Å². The zero-order chi connectivity index (χ0) is 14.8. The molecule has 0 bridgehead atoms. The molecule has 21 heavy (non-hydrogen) atoms. The number of aromatic nitrogens is 2. The standard InChI is InChI=1S/C17H21N3O/c1-12(2)16(14-6-3-4-10-18-14)19-17(21)15-7-5-11-20(15)13-8-9-13/h3-7,10-13,16H,8-9H2,1-2H3,(H,19,21)/t16-/m1/s1. The van der Waals surface area contributed by atoms with Crippen LogP contribution in [0.1, 0.15) is 55.0 Å². The van der Waals surface area contributed by atoms with E-state index >= 15 is 0 Å². The molecule has 0 aliphatic heterocycles. The second kappa shape index (κ2) is 5.72. The van der Waals surface area contributed by atoms with E-state index in [0.717, 1.165) is 11.4 Å². The summed E-state index contributed by atoms with van der Waals surface area (Å²) < 4.78 is 2.09. The van der Waals surface area contributed by atoms with Gasteiger partial charge in [0.05, 0.1) is 11.7 Å². The molecule has 2 aromatic heterocycles. The largest absolute Gasteiger partial charge is 0.342 e. The fourth-order valence-corrected chi connectivity index (χ4v) is 2.61. The molecule has 0 spiro atoms. The molecule has 1 N–H and O–H groups in total. The number of carbonyl (C=O) groups excluding carboxylic acids is 1. The van der Waals surface area contributed by atoms with Gasteiger partial charge in [0.15, 0.2) is 0 Å². The highest BCUT2D eigenvalue weighted by Gasteiger charge is 2.28. The van der Waals surface area contributed by atoms with E-state index in [2.05, 4.69) is 28.7 Å². The molecule has 0 unspecified atom stereocenters. The van der Waals surface area contributed by atoms with Crippen LogP contribution in [0.25, 0.3) is 0 Å². The number of nitrogens with one attached hydrogen (secondary N) is 1. The maximum Gasteiger partial charge on any atom is 0.268 e. The Hall–Kier alpha value is -2.10. The van der Waals surface area contributed by atoms with Crippen molar-refractivity contribution in [3.63, 3.8) is 0 Å². The van der Waals surface area contributed by atoms with Crippen molar-refractivity contribution in [2.24, 2.45) is 5.92 Å². The molecule has 1 fully saturated rings. The van der Waals surface area contributed by atoms with Crippen molar-refractivity contribution in [2.75, 3.05) is 0 Å². The Morgan fingerprint density at radius 2 is 2.10 bits per heavy atom. The van der Waals surface area contributed by atoms with Crippen LogP contribution in [0, 0.1) is 5.92 Å². The first-order chi connectivity index (χ1) is 10.2. The molecule has 4 nitrogen and oxygen atoms in total. The lowest BCUT2D eigenvalue weighted by molar-refractivity contribution is 0.0914. The smallest absolute Gasteiger partial charge is 0.268 e. The highest BCUT2D eigenvalue weighted by Crippen LogP contribution is 2.36. The van der Waals surface area contributed by atoms with Gasteiger partial charge in [-0.2, -0.15) is 0 Å². The maximum absolute atomic E-state index is 12.6. The average Bonchev–Trinajstić information content (AvgIpc) is 3.22. The van der Waals surface area contributed by atoms with Crippen LogP contribution in [0.15, 0.2) is 42.7 Å². The monoisotopic (exact) mass is 283 g/mol. The van der Waals surface area contributed by atoms with Crippen LogP contribution in [0.4, 0.5) is 0 Å². The van der Waals surface area contributed by atoms with Crippen molar-refractivity contribution in [3.05, 3.63) is 54.1 Å². The lowest BCUT2D eigenvalue weighted by Crippen LogP contribution is -2.33. The summed E-state index contributed by atoms with van der Waals surface area (Å²) in [6, 6.07) is 10.1. The lowest BCUT2D eigenvalue weighted by Gasteiger charge is -2.22. The number of nitrogens with zero attached hydrogens (tertiary/aromatic N) is 2. The summed E-state index contributed by atoms with van der Waals surface area (Å²) in [7, 11) is 0. The zero-order valence-electron chi connectivity index (χ0n) is 12.5. The molecule has 1 atom stereocenters. The Bertz CT molecular complexity index is 614. The summed E-state index contributed by atoms with van der Waals surface area (Å²) in [5.41, 5.74) is 1.66. The van der Waals surface area contributed by atoms with Crippen molar-refractivity contribution >= 4 is 5.91 Å². The van der Waals surface area contributed by atoms with Crippen LogP contribution >= 0.6 is 0 Å². The molecule has 0 aromatic carbocycles. The SMILES string of the molecule is CC(C)[C@@H](NC(=O)c1cccn1C1CC1)c1ccccn1. The van der Waals surface area contributed by atoms with Gasteiger partial charge in [0, 0.05) is 18.4 Å². The molecule has 1 aliphatic rings. The predicted molar refractivity (Wildman–Crippen MR) is 82.0 cm³/mol. The van der Waals surface area contributed by atoms with Crippen molar-refractivity contribution in [1.29, 1.82) is 0 Å². The normalized spacial score (nSPS) is 16.0. The molecule has 3 rings (SSSR count). The van der Waals surface area contributed by atoms with Gasteiger partial charge >= 0.3 is 0 Å². The number of hydrogen-bond acceptors (Lipinski definition) is 2. The number of pyridine rings is 1. The van der Waals surface area contributed by atoms with E-state index in [4.69, 9.17) is 0 Å². The third-order valence-electron chi connectivity index (χ3n) is 3.91. The predicted octanol–water partition coefficient (Wildman–Crippen LogP) is 3.35. The van der Waals surface area contributed by atoms with Gasteiger partial charge < -0.3 is 9.88 Å². The molecule has 2 heterocycles. The summed E-state index contributed by atoms with van der Waals surface area (Å²) in [5.74, 6) is 0.268. The fourth-order valence-electron chi connectivity index (χ4n) is 2.61. The number of rotatable bonds is 5. The molecular weight excluding hydrogens is 262 g/mol. The highest BCUT2D eigenvalue weighted by molar-refractivity contribution is 5.93. The minimum Gasteiger partial charge on any atom is -0.342 e. The summed E-state index contributed by atoms with van der Waals surface area (Å²) in [5, 5.41) is 3.14. The average molecular weight is 283 g/mol. The minimum atomic E-state index is -0.0683. The Morgan fingerprint density at radius 3 is 2.71 bits per heavy atom. The Morgan fingerprint density at radius 1 is 1.29 bits per heavy atom. The Balaban J connectivity index is 1.79. The first-order valence-electron chi connectivity index (χ1n) is 7.55. The number of amides is 1. The fraction of sp³-hybridized carbons (Fsp3) is 0.412. The number of hydrogen-bond donors (Lipinski definition) is 1. The van der Waals surface area contributed by atoms with Gasteiger partial charge in [-0.1, -0.05) is 19.9 Å². The molecule has 0 radical (unpaired) electrons. The van der Waals surface area contributed by atoms with Gasteiger partial charge in [0.1, 0.15) is 5.69 Å². The molecule has 0 saturated heterocycles. The van der Waals surface area contributed by atoms with Crippen LogP contribution in [-0.2, 0) is 0 Å². The first-order valence-corrected chi connectivity index (χ1v) is 7.55. The van der Waals surface area contributed by atoms with Crippen molar-refractivity contribution in [1.82, 2.24) is 14.9 Å². The van der Waals surface area contributed by atoms with Crippen LogP contribution in [0.3, 0.4) is 0 Å². The van der Waals surface area contributed by atoms with Crippen LogP contribution < -0.4 is 5.32 Å². The number of carbonyl (C=O) groups is 1. The van der Waals surface area contributed by atoms with E-state index in [1.54, 1.807) is 6.20 Å². The van der Waals surface area contributed by atoms with Gasteiger partial charge in [-0.25, -0.2) is 0 Å². The molecule has 110 valence electrons. The molecule has 1 saturated carbocycles. The van der Waals surface area contributed by atoms with E-state index in [1.165, 1.54) is 12.8 Å². The zero-order valence-corrected chi connectivity index (χ0v) is 12.5. The van der Waals surface area contributed by atoms with Gasteiger partial charge in [-0.3, -0.25) is 9.78 Å². The van der Waals surface area contributed by atoms with Gasteiger partial charge in [0.2, 0.25) is 0 Å². The third kappa shape index (κ3) is 2.99. The topological polar surface area (TPSA) is 46.9 Å². The molecular formula is C17H21N3O. The van der Waals surface area contributed by atoms with Crippen LogP contribution in [0.5, 0.6) is 0 Å². The summed E-state index contributed by atoms with van der Waals surface area (Å²) in [6.07, 6.45) is 6.10. The van der Waals surface area contributed by atoms with E-state index in [1.807, 2.05) is 36.5 Å². The van der Waals surface area contributed by atoms with Crippen LogP contribution in [-0.4, -0.2) is 15.5 Å². The summed E-state index contributed by atoms with van der Waals surface area (Å²) >= 11 is 0. The van der Waals surface area contributed by atoms with Crippen molar-refractivity contribution in [2.45, 2.75) is 38.8 Å². The first kappa shape index (κ1) is 13.9. The maximum atomic E-state index is 12.6. The molecule has 1 amide bonds. The molecule has 2 aromatic rings. The quantitative estimate of drug-likeness (QED) is 0.914. The van der Waals surface area contributed by atoms with Gasteiger partial charge in [-0.15, -0.1) is 0 Å². The van der Waals surface area contributed by atoms with E-state index in [9.17, 15) is 4.79 Å². The van der Waals surface area contributed by atoms with Gasteiger partial charge in [-0.05, 0) is 43.0 Å². The minimum absolute atomic E-state index is 0.0174. The second-order valence-electron chi connectivity index (χ2n) is 5.98. The van der Waals surface area contributed by atoms with E-state index < -0.39 is 0 Å². The summed E-state index contributed by atoms with van der Waals surface area (Å²) in [6.45, 7) is 4.19. The molecule has 4 heteroatoms. The molecule has 1 aliphatic carbocycles. The second-order valence-corrected chi connectivity index (χ2v) is 5.98. The van der Waals surface area contributed by atoms with Crippen molar-refractivity contribution < 1.29 is 4.79 Å². The van der Waals surface area contributed by atoms with E-state index in [0.29, 0.717) is 6.04 Å². The van der Waals surface area contributed by atoms with E-state index in [-0.39, 0.29) is 17.9 Å². The summed E-state index contributed by atoms with van der Waals surface area (Å²) in [4.78, 5) is 17.0. The highest BCUT2D eigenvalue weighted by atomic mass is 16.2. The Labute approximate surface area is 125 Å². The van der Waals surface area contributed by atoms with Crippen molar-refractivity contribution in [3.8, 4) is 0 Å². The third-order valence-corrected chi connectivity index (χ3v) is 3.91. The van der Waals surface area contributed by atoms with Crippen LogP contribution in [0.2, 0.25) is 0 Å². The lowest BCUT2D eigenvalue weighted by atomic mass is 10.00. The Kier molecular flexibility index (Phi) is 3.78.